The average Bonchev–Trinajstić information content (AvgIpc) is 3.01. The number of hydrogen-bond donors (Lipinski definition) is 1. The minimum Gasteiger partial charge on any atom is -0.396 e. The van der Waals surface area contributed by atoms with Gasteiger partial charge < -0.3 is 10.6 Å². The second-order valence-electron chi connectivity index (χ2n) is 5.52. The van der Waals surface area contributed by atoms with Gasteiger partial charge in [0, 0.05) is 32.6 Å². The lowest BCUT2D eigenvalue weighted by Gasteiger charge is -2.38. The van der Waals surface area contributed by atoms with Crippen LogP contribution in [0.3, 0.4) is 0 Å². The molecule has 4 nitrogen and oxygen atoms in total. The van der Waals surface area contributed by atoms with E-state index in [0.717, 1.165) is 29.4 Å². The fraction of sp³-hybridized carbons (Fsp3) is 0.643. The van der Waals surface area contributed by atoms with Crippen LogP contribution in [0.4, 0.5) is 10.7 Å². The number of anilines is 2. The van der Waals surface area contributed by atoms with Gasteiger partial charge in [-0.15, -0.1) is 23.1 Å². The molecular formula is C14H21N3OS2. The minimum atomic E-state index is 0.0774. The van der Waals surface area contributed by atoms with E-state index in [1.165, 1.54) is 24.4 Å². The number of fused-ring (bicyclic) bond motifs is 1. The highest BCUT2D eigenvalue weighted by Crippen LogP contribution is 2.44. The van der Waals surface area contributed by atoms with E-state index in [0.29, 0.717) is 11.7 Å². The van der Waals surface area contributed by atoms with Crippen LogP contribution in [0, 0.1) is 0 Å². The van der Waals surface area contributed by atoms with E-state index in [1.54, 1.807) is 30.0 Å². The van der Waals surface area contributed by atoms with Crippen LogP contribution in [0.25, 0.3) is 0 Å². The Labute approximate surface area is 128 Å². The maximum atomic E-state index is 11.7. The Morgan fingerprint density at radius 3 is 2.90 bits per heavy atom. The molecule has 110 valence electrons. The number of nitrogens with two attached hydrogens (primary N) is 1. The normalized spacial score (nSPS) is 23.1. The fourth-order valence-electron chi connectivity index (χ4n) is 3.26. The van der Waals surface area contributed by atoms with Crippen LogP contribution in [0.5, 0.6) is 0 Å². The van der Waals surface area contributed by atoms with Crippen molar-refractivity contribution in [3.63, 3.8) is 0 Å². The largest absolute Gasteiger partial charge is 0.396 e. The molecule has 3 heterocycles. The summed E-state index contributed by atoms with van der Waals surface area (Å²) in [5, 5.41) is 1.20. The Balaban J connectivity index is 1.89. The third-order valence-electron chi connectivity index (χ3n) is 4.28. The zero-order chi connectivity index (χ0) is 14.3. The van der Waals surface area contributed by atoms with Crippen molar-refractivity contribution in [1.29, 1.82) is 0 Å². The molecule has 1 aromatic heterocycles. The van der Waals surface area contributed by atoms with Gasteiger partial charge in [0.15, 0.2) is 5.78 Å². The highest BCUT2D eigenvalue weighted by atomic mass is 32.2. The van der Waals surface area contributed by atoms with Crippen LogP contribution >= 0.6 is 23.1 Å². The van der Waals surface area contributed by atoms with Crippen molar-refractivity contribution in [2.45, 2.75) is 30.7 Å². The first-order valence-electron chi connectivity index (χ1n) is 7.08. The summed E-state index contributed by atoms with van der Waals surface area (Å²) in [6, 6.07) is 0.683. The number of carbonyl (C=O) groups is 1. The maximum Gasteiger partial charge on any atom is 0.171 e. The van der Waals surface area contributed by atoms with Gasteiger partial charge >= 0.3 is 0 Å². The van der Waals surface area contributed by atoms with Gasteiger partial charge in [0.25, 0.3) is 0 Å². The summed E-state index contributed by atoms with van der Waals surface area (Å²) in [4.78, 5) is 18.5. The average molecular weight is 311 g/mol. The molecule has 0 radical (unpaired) electrons. The number of Topliss-reactive ketones (excluding diaryl/α,β-unsaturated/α-hetero) is 1. The van der Waals surface area contributed by atoms with Crippen LogP contribution in [0.15, 0.2) is 4.90 Å². The van der Waals surface area contributed by atoms with Crippen molar-refractivity contribution in [3.05, 3.63) is 4.88 Å². The number of hydrogen-bond acceptors (Lipinski definition) is 6. The Morgan fingerprint density at radius 2 is 2.20 bits per heavy atom. The van der Waals surface area contributed by atoms with E-state index < -0.39 is 0 Å². The molecule has 3 rings (SSSR count). The van der Waals surface area contributed by atoms with Gasteiger partial charge in [0.2, 0.25) is 0 Å². The van der Waals surface area contributed by atoms with E-state index in [2.05, 4.69) is 9.80 Å². The molecule has 6 heteroatoms. The Morgan fingerprint density at radius 1 is 1.40 bits per heavy atom. The first-order chi connectivity index (χ1) is 9.61. The number of nitrogens with zero attached hydrogens (tertiary/aromatic N) is 2. The summed E-state index contributed by atoms with van der Waals surface area (Å²) in [5.41, 5.74) is 6.84. The topological polar surface area (TPSA) is 49.6 Å². The number of thiophene rings is 1. The Kier molecular flexibility index (Phi) is 3.97. The molecule has 1 unspecified atom stereocenters. The van der Waals surface area contributed by atoms with Crippen molar-refractivity contribution >= 4 is 39.6 Å². The van der Waals surface area contributed by atoms with Gasteiger partial charge in [-0.05, 0) is 25.6 Å². The number of nitrogen functional groups attached to an aromatic ring is 1. The predicted molar refractivity (Wildman–Crippen MR) is 87.3 cm³/mol. The molecule has 0 spiro atoms. The van der Waals surface area contributed by atoms with Gasteiger partial charge in [0.05, 0.1) is 15.5 Å². The third-order valence-corrected chi connectivity index (χ3v) is 6.60. The minimum absolute atomic E-state index is 0.0774. The van der Waals surface area contributed by atoms with Crippen molar-refractivity contribution in [2.75, 3.05) is 43.1 Å². The van der Waals surface area contributed by atoms with Crippen LogP contribution in [0.2, 0.25) is 0 Å². The third kappa shape index (κ3) is 2.34. The lowest BCUT2D eigenvalue weighted by atomic mass is 10.1. The van der Waals surface area contributed by atoms with Gasteiger partial charge in [0.1, 0.15) is 5.00 Å². The number of carbonyl (C=O) groups excluding carboxylic acids is 1. The molecule has 1 atom stereocenters. The highest BCUT2D eigenvalue weighted by molar-refractivity contribution is 7.99. The summed E-state index contributed by atoms with van der Waals surface area (Å²) in [5.74, 6) is 0.0774. The summed E-state index contributed by atoms with van der Waals surface area (Å²) >= 11 is 3.23. The number of piperazine rings is 1. The number of ketones is 1. The monoisotopic (exact) mass is 311 g/mol. The molecule has 2 saturated heterocycles. The van der Waals surface area contributed by atoms with Crippen molar-refractivity contribution in [1.82, 2.24) is 4.90 Å². The summed E-state index contributed by atoms with van der Waals surface area (Å²) in [7, 11) is 0. The molecule has 1 aromatic rings. The van der Waals surface area contributed by atoms with Gasteiger partial charge in [-0.2, -0.15) is 0 Å². The molecule has 0 bridgehead atoms. The Bertz CT molecular complexity index is 529. The smallest absolute Gasteiger partial charge is 0.171 e. The van der Waals surface area contributed by atoms with E-state index in [1.807, 2.05) is 6.26 Å². The van der Waals surface area contributed by atoms with E-state index >= 15 is 0 Å². The summed E-state index contributed by atoms with van der Waals surface area (Å²) < 4.78 is 0. The molecular weight excluding hydrogens is 290 g/mol. The van der Waals surface area contributed by atoms with Crippen LogP contribution < -0.4 is 10.6 Å². The van der Waals surface area contributed by atoms with Crippen LogP contribution in [0.1, 0.15) is 29.4 Å². The zero-order valence-corrected chi connectivity index (χ0v) is 13.6. The molecule has 0 saturated carbocycles. The van der Waals surface area contributed by atoms with E-state index in [4.69, 9.17) is 5.73 Å². The van der Waals surface area contributed by atoms with Gasteiger partial charge in [-0.25, -0.2) is 0 Å². The lowest BCUT2D eigenvalue weighted by molar-refractivity contribution is 0.102. The first-order valence-corrected chi connectivity index (χ1v) is 9.12. The molecule has 2 aliphatic heterocycles. The van der Waals surface area contributed by atoms with E-state index in [-0.39, 0.29) is 5.78 Å². The predicted octanol–water partition coefficient (Wildman–Crippen LogP) is 2.54. The standard InChI is InChI=1S/C14H21N3OS2/c1-9(18)12-11(15)13(19-2)14(20-12)17-7-6-16-5-3-4-10(16)8-17/h10H,3-8,15H2,1-2H3. The summed E-state index contributed by atoms with van der Waals surface area (Å²) in [6.07, 6.45) is 4.66. The first kappa shape index (κ1) is 14.2. The van der Waals surface area contributed by atoms with Crippen LogP contribution in [-0.4, -0.2) is 49.2 Å². The van der Waals surface area contributed by atoms with Crippen molar-refractivity contribution in [3.8, 4) is 0 Å². The molecule has 2 fully saturated rings. The number of thioether (sulfide) groups is 1. The lowest BCUT2D eigenvalue weighted by Crippen LogP contribution is -2.50. The maximum absolute atomic E-state index is 11.7. The molecule has 0 aliphatic carbocycles. The molecule has 20 heavy (non-hydrogen) atoms. The number of rotatable bonds is 3. The SMILES string of the molecule is CSc1c(N2CCN3CCCC3C2)sc(C(C)=O)c1N. The highest BCUT2D eigenvalue weighted by Gasteiger charge is 2.33. The molecule has 0 aromatic carbocycles. The van der Waals surface area contributed by atoms with Crippen molar-refractivity contribution in [2.24, 2.45) is 0 Å². The van der Waals surface area contributed by atoms with E-state index in [9.17, 15) is 4.79 Å². The van der Waals surface area contributed by atoms with Gasteiger partial charge in [-0.3, -0.25) is 9.69 Å². The van der Waals surface area contributed by atoms with Gasteiger partial charge in [-0.1, -0.05) is 0 Å². The second kappa shape index (κ2) is 5.58. The molecule has 2 aliphatic rings. The zero-order valence-electron chi connectivity index (χ0n) is 12.0. The quantitative estimate of drug-likeness (QED) is 0.687. The molecule has 0 amide bonds. The second-order valence-corrected chi connectivity index (χ2v) is 7.33. The van der Waals surface area contributed by atoms with Crippen molar-refractivity contribution < 1.29 is 4.79 Å². The van der Waals surface area contributed by atoms with Crippen LogP contribution in [-0.2, 0) is 0 Å². The molecule has 2 N–H and O–H groups in total. The fourth-order valence-corrected chi connectivity index (χ4v) is 5.37. The Hall–Kier alpha value is -0.720. The summed E-state index contributed by atoms with van der Waals surface area (Å²) in [6.45, 7) is 6.10.